The Balaban J connectivity index is 2.97. The molecule has 1 rings (SSSR count). The molecule has 106 valence electrons. The minimum atomic E-state index is 0.321. The lowest BCUT2D eigenvalue weighted by Crippen LogP contribution is -2.03. The second kappa shape index (κ2) is 8.82. The van der Waals surface area contributed by atoms with Crippen LogP contribution in [0, 0.1) is 22.7 Å². The van der Waals surface area contributed by atoms with E-state index in [4.69, 9.17) is 20.0 Å². The zero-order valence-electron chi connectivity index (χ0n) is 12.1. The first-order chi connectivity index (χ1) is 9.76. The van der Waals surface area contributed by atoms with Crippen molar-refractivity contribution in [2.24, 2.45) is 0 Å². The van der Waals surface area contributed by atoms with E-state index >= 15 is 0 Å². The van der Waals surface area contributed by atoms with Gasteiger partial charge in [0.25, 0.3) is 0 Å². The van der Waals surface area contributed by atoms with Gasteiger partial charge in [-0.1, -0.05) is 26.7 Å². The van der Waals surface area contributed by atoms with E-state index in [1.807, 2.05) is 12.1 Å². The third kappa shape index (κ3) is 4.48. The lowest BCUT2D eigenvalue weighted by molar-refractivity contribution is 0.262. The molecule has 0 fully saturated rings. The van der Waals surface area contributed by atoms with Crippen LogP contribution in [0.3, 0.4) is 0 Å². The Bertz CT molecular complexity index is 465. The van der Waals surface area contributed by atoms with Crippen LogP contribution in [0.1, 0.15) is 50.7 Å². The van der Waals surface area contributed by atoms with E-state index in [-0.39, 0.29) is 0 Å². The predicted octanol–water partition coefficient (Wildman–Crippen LogP) is 3.79. The van der Waals surface area contributed by atoms with Crippen molar-refractivity contribution in [2.45, 2.75) is 39.5 Å². The van der Waals surface area contributed by atoms with Crippen LogP contribution >= 0.6 is 0 Å². The van der Waals surface area contributed by atoms with Gasteiger partial charge in [0.15, 0.2) is 11.5 Å². The monoisotopic (exact) mass is 272 g/mol. The summed E-state index contributed by atoms with van der Waals surface area (Å²) in [5.41, 5.74) is 0.642. The summed E-state index contributed by atoms with van der Waals surface area (Å²) in [6.07, 6.45) is 3.95. The highest BCUT2D eigenvalue weighted by molar-refractivity contribution is 5.56. The number of nitrogens with zero attached hydrogens (tertiary/aromatic N) is 2. The van der Waals surface area contributed by atoms with Crippen molar-refractivity contribution in [3.63, 3.8) is 0 Å². The molecule has 0 aromatic heterocycles. The van der Waals surface area contributed by atoms with Crippen LogP contribution in [0.4, 0.5) is 0 Å². The molecule has 4 heteroatoms. The van der Waals surface area contributed by atoms with Gasteiger partial charge in [-0.25, -0.2) is 0 Å². The van der Waals surface area contributed by atoms with E-state index in [1.54, 1.807) is 12.1 Å². The van der Waals surface area contributed by atoms with Crippen LogP contribution < -0.4 is 9.47 Å². The maximum absolute atomic E-state index is 9.05. The Hall–Kier alpha value is -2.20. The van der Waals surface area contributed by atoms with Crippen LogP contribution in [0.25, 0.3) is 0 Å². The Morgan fingerprint density at radius 1 is 0.850 bits per heavy atom. The van der Waals surface area contributed by atoms with E-state index in [0.717, 1.165) is 25.7 Å². The molecule has 0 atom stereocenters. The van der Waals surface area contributed by atoms with Crippen molar-refractivity contribution in [1.29, 1.82) is 10.5 Å². The molecule has 1 aromatic rings. The number of hydrogen-bond acceptors (Lipinski definition) is 4. The second-order valence-electron chi connectivity index (χ2n) is 4.47. The average Bonchev–Trinajstić information content (AvgIpc) is 2.48. The fraction of sp³-hybridized carbons (Fsp3) is 0.500. The zero-order chi connectivity index (χ0) is 14.8. The molecule has 0 radical (unpaired) electrons. The van der Waals surface area contributed by atoms with Gasteiger partial charge in [-0.15, -0.1) is 0 Å². The van der Waals surface area contributed by atoms with E-state index in [2.05, 4.69) is 13.8 Å². The maximum Gasteiger partial charge on any atom is 0.162 e. The fourth-order valence-electron chi connectivity index (χ4n) is 1.62. The van der Waals surface area contributed by atoms with Gasteiger partial charge < -0.3 is 9.47 Å². The van der Waals surface area contributed by atoms with Gasteiger partial charge in [-0.2, -0.15) is 10.5 Å². The standard InChI is InChI=1S/C16H20N2O2/c1-3-5-7-19-15-9-13(11-17)14(12-18)10-16(15)20-8-6-4-2/h9-10H,3-8H2,1-2H3. The largest absolute Gasteiger partial charge is 0.490 e. The number of benzene rings is 1. The summed E-state index contributed by atoms with van der Waals surface area (Å²) in [6.45, 7) is 5.33. The number of rotatable bonds is 8. The summed E-state index contributed by atoms with van der Waals surface area (Å²) in [4.78, 5) is 0. The van der Waals surface area contributed by atoms with Gasteiger partial charge in [0.05, 0.1) is 24.3 Å². The van der Waals surface area contributed by atoms with Crippen LogP contribution in [-0.2, 0) is 0 Å². The van der Waals surface area contributed by atoms with Gasteiger partial charge in [0, 0.05) is 12.1 Å². The third-order valence-corrected chi connectivity index (χ3v) is 2.84. The summed E-state index contributed by atoms with van der Waals surface area (Å²) < 4.78 is 11.3. The number of nitriles is 2. The number of unbranched alkanes of at least 4 members (excludes halogenated alkanes) is 2. The smallest absolute Gasteiger partial charge is 0.162 e. The van der Waals surface area contributed by atoms with Gasteiger partial charge in [-0.3, -0.25) is 0 Å². The lowest BCUT2D eigenvalue weighted by atomic mass is 10.1. The topological polar surface area (TPSA) is 66.0 Å². The van der Waals surface area contributed by atoms with Crippen molar-refractivity contribution in [1.82, 2.24) is 0 Å². The quantitative estimate of drug-likeness (QED) is 0.675. The minimum absolute atomic E-state index is 0.321. The Kier molecular flexibility index (Phi) is 7.00. The summed E-state index contributed by atoms with van der Waals surface area (Å²) in [7, 11) is 0. The molecule has 0 saturated carbocycles. The highest BCUT2D eigenvalue weighted by atomic mass is 16.5. The Morgan fingerprint density at radius 2 is 1.25 bits per heavy atom. The van der Waals surface area contributed by atoms with Gasteiger partial charge in [-0.05, 0) is 12.8 Å². The van der Waals surface area contributed by atoms with Gasteiger partial charge in [0.1, 0.15) is 12.1 Å². The van der Waals surface area contributed by atoms with E-state index in [1.165, 1.54) is 0 Å². The summed E-state index contributed by atoms with van der Waals surface area (Å²) in [6, 6.07) is 7.21. The average molecular weight is 272 g/mol. The molecule has 0 saturated heterocycles. The molecule has 0 spiro atoms. The zero-order valence-corrected chi connectivity index (χ0v) is 12.1. The molecule has 0 aliphatic rings. The molecule has 0 N–H and O–H groups in total. The molecule has 1 aromatic carbocycles. The van der Waals surface area contributed by atoms with Crippen molar-refractivity contribution in [3.05, 3.63) is 23.3 Å². The number of hydrogen-bond donors (Lipinski definition) is 0. The van der Waals surface area contributed by atoms with Crippen molar-refractivity contribution in [2.75, 3.05) is 13.2 Å². The molecule has 0 heterocycles. The first kappa shape index (κ1) is 15.9. The molecule has 20 heavy (non-hydrogen) atoms. The Labute approximate surface area is 120 Å². The second-order valence-corrected chi connectivity index (χ2v) is 4.47. The molecule has 0 unspecified atom stereocenters. The summed E-state index contributed by atoms with van der Waals surface area (Å²) in [5.74, 6) is 1.09. The highest BCUT2D eigenvalue weighted by Gasteiger charge is 2.12. The molecule has 0 aliphatic carbocycles. The lowest BCUT2D eigenvalue weighted by Gasteiger charge is -2.13. The maximum atomic E-state index is 9.05. The van der Waals surface area contributed by atoms with Crippen LogP contribution in [0.5, 0.6) is 11.5 Å². The SMILES string of the molecule is CCCCOc1cc(C#N)c(C#N)cc1OCCCC. The molecule has 0 aliphatic heterocycles. The van der Waals surface area contributed by atoms with Gasteiger partial charge in [0.2, 0.25) is 0 Å². The van der Waals surface area contributed by atoms with Gasteiger partial charge >= 0.3 is 0 Å². The van der Waals surface area contributed by atoms with Crippen LogP contribution in [0.15, 0.2) is 12.1 Å². The first-order valence-corrected chi connectivity index (χ1v) is 7.00. The van der Waals surface area contributed by atoms with Crippen molar-refractivity contribution >= 4 is 0 Å². The molecule has 0 amide bonds. The fourth-order valence-corrected chi connectivity index (χ4v) is 1.62. The minimum Gasteiger partial charge on any atom is -0.490 e. The van der Waals surface area contributed by atoms with Crippen molar-refractivity contribution < 1.29 is 9.47 Å². The van der Waals surface area contributed by atoms with Crippen LogP contribution in [-0.4, -0.2) is 13.2 Å². The molecule has 4 nitrogen and oxygen atoms in total. The van der Waals surface area contributed by atoms with E-state index in [0.29, 0.717) is 35.8 Å². The molecular formula is C16H20N2O2. The highest BCUT2D eigenvalue weighted by Crippen LogP contribution is 2.31. The first-order valence-electron chi connectivity index (χ1n) is 7.00. The van der Waals surface area contributed by atoms with E-state index < -0.39 is 0 Å². The van der Waals surface area contributed by atoms with E-state index in [9.17, 15) is 0 Å². The molecule has 0 bridgehead atoms. The summed E-state index contributed by atoms with van der Waals surface area (Å²) in [5, 5.41) is 18.1. The third-order valence-electron chi connectivity index (χ3n) is 2.84. The predicted molar refractivity (Wildman–Crippen MR) is 76.7 cm³/mol. The number of ether oxygens (including phenoxy) is 2. The van der Waals surface area contributed by atoms with Crippen LogP contribution in [0.2, 0.25) is 0 Å². The van der Waals surface area contributed by atoms with Crippen molar-refractivity contribution in [3.8, 4) is 23.6 Å². The Morgan fingerprint density at radius 3 is 1.55 bits per heavy atom. The molecular weight excluding hydrogens is 252 g/mol. The summed E-state index contributed by atoms with van der Waals surface area (Å²) >= 11 is 0. The normalized spacial score (nSPS) is 9.60.